The van der Waals surface area contributed by atoms with Crippen molar-refractivity contribution in [2.75, 3.05) is 13.7 Å². The van der Waals surface area contributed by atoms with E-state index in [1.165, 1.54) is 12.8 Å². The van der Waals surface area contributed by atoms with E-state index in [9.17, 15) is 0 Å². The maximum Gasteiger partial charge on any atom is 0.213 e. The van der Waals surface area contributed by atoms with Crippen molar-refractivity contribution in [3.05, 3.63) is 23.9 Å². The molecule has 1 aliphatic rings. The van der Waals surface area contributed by atoms with Crippen LogP contribution in [0.4, 0.5) is 0 Å². The van der Waals surface area contributed by atoms with E-state index in [0.717, 1.165) is 24.0 Å². The summed E-state index contributed by atoms with van der Waals surface area (Å²) in [6, 6.07) is 4.36. The predicted molar refractivity (Wildman–Crippen MR) is 106 cm³/mol. The Morgan fingerprint density at radius 2 is 2.09 bits per heavy atom. The number of hydrogen-bond donors (Lipinski definition) is 2. The summed E-state index contributed by atoms with van der Waals surface area (Å²) in [7, 11) is 1.79. The molecule has 0 saturated heterocycles. The lowest BCUT2D eigenvalue weighted by molar-refractivity contribution is 0.288. The topological polar surface area (TPSA) is 58.5 Å². The Morgan fingerprint density at radius 1 is 1.35 bits per heavy atom. The van der Waals surface area contributed by atoms with Gasteiger partial charge >= 0.3 is 0 Å². The van der Waals surface area contributed by atoms with Gasteiger partial charge in [0.2, 0.25) is 5.88 Å². The number of pyridine rings is 1. The lowest BCUT2D eigenvalue weighted by Gasteiger charge is -2.20. The summed E-state index contributed by atoms with van der Waals surface area (Å²) in [6.07, 6.45) is 4.44. The van der Waals surface area contributed by atoms with E-state index in [1.54, 1.807) is 7.05 Å². The van der Waals surface area contributed by atoms with Crippen LogP contribution in [-0.4, -0.2) is 30.6 Å². The molecule has 0 aromatic carbocycles. The van der Waals surface area contributed by atoms with Crippen LogP contribution >= 0.6 is 24.0 Å². The van der Waals surface area contributed by atoms with Crippen LogP contribution in [0.3, 0.4) is 0 Å². The van der Waals surface area contributed by atoms with E-state index < -0.39 is 0 Å². The molecule has 5 nitrogen and oxygen atoms in total. The van der Waals surface area contributed by atoms with Gasteiger partial charge in [0.15, 0.2) is 5.96 Å². The monoisotopic (exact) mass is 432 g/mol. The molecule has 2 rings (SSSR count). The number of hydrogen-bond acceptors (Lipinski definition) is 3. The zero-order valence-electron chi connectivity index (χ0n) is 14.5. The van der Waals surface area contributed by atoms with Crippen molar-refractivity contribution in [2.24, 2.45) is 16.8 Å². The molecule has 23 heavy (non-hydrogen) atoms. The number of ether oxygens (including phenoxy) is 1. The van der Waals surface area contributed by atoms with Crippen LogP contribution in [0.2, 0.25) is 0 Å². The highest BCUT2D eigenvalue weighted by molar-refractivity contribution is 14.0. The van der Waals surface area contributed by atoms with E-state index >= 15 is 0 Å². The summed E-state index contributed by atoms with van der Waals surface area (Å²) < 4.78 is 5.64. The molecule has 1 aliphatic carbocycles. The van der Waals surface area contributed by atoms with Gasteiger partial charge in [0.25, 0.3) is 0 Å². The standard InChI is InChI=1S/C17H28N4O.HI/c1-12(2)13(3)21-17(18-4)20-10-15-7-8-16(19-9-15)22-11-14-5-6-14;/h7-9,12-14H,5-6,10-11H2,1-4H3,(H2,18,20,21);1H. The van der Waals surface area contributed by atoms with Crippen LogP contribution in [-0.2, 0) is 6.54 Å². The summed E-state index contributed by atoms with van der Waals surface area (Å²) in [5, 5.41) is 6.69. The molecular weight excluding hydrogens is 403 g/mol. The smallest absolute Gasteiger partial charge is 0.213 e. The van der Waals surface area contributed by atoms with Gasteiger partial charge in [-0.05, 0) is 37.2 Å². The quantitative estimate of drug-likeness (QED) is 0.395. The first-order valence-corrected chi connectivity index (χ1v) is 8.13. The Bertz CT molecular complexity index is 486. The van der Waals surface area contributed by atoms with E-state index in [-0.39, 0.29) is 24.0 Å². The van der Waals surface area contributed by atoms with Gasteiger partial charge < -0.3 is 15.4 Å². The number of guanidine groups is 1. The SMILES string of the molecule is CN=C(NCc1ccc(OCC2CC2)nc1)NC(C)C(C)C.I. The molecule has 0 radical (unpaired) electrons. The van der Waals surface area contributed by atoms with Crippen molar-refractivity contribution in [3.63, 3.8) is 0 Å². The molecule has 2 N–H and O–H groups in total. The Morgan fingerprint density at radius 3 is 2.61 bits per heavy atom. The Hall–Kier alpha value is -1.05. The van der Waals surface area contributed by atoms with Gasteiger partial charge in [0, 0.05) is 31.9 Å². The first-order chi connectivity index (χ1) is 10.6. The molecule has 0 amide bonds. The lowest BCUT2D eigenvalue weighted by Crippen LogP contribution is -2.43. The summed E-state index contributed by atoms with van der Waals surface area (Å²) in [5.74, 6) is 2.84. The molecule has 1 fully saturated rings. The van der Waals surface area contributed by atoms with Gasteiger partial charge in [-0.3, -0.25) is 4.99 Å². The molecule has 1 aromatic heterocycles. The Kier molecular flexibility index (Phi) is 8.65. The molecule has 1 unspecified atom stereocenters. The Balaban J connectivity index is 0.00000264. The third-order valence-electron chi connectivity index (χ3n) is 4.01. The molecule has 1 atom stereocenters. The van der Waals surface area contributed by atoms with Crippen LogP contribution in [0.25, 0.3) is 0 Å². The third kappa shape index (κ3) is 7.37. The Labute approximate surface area is 156 Å². The van der Waals surface area contributed by atoms with Crippen molar-refractivity contribution < 1.29 is 4.74 Å². The first-order valence-electron chi connectivity index (χ1n) is 8.13. The van der Waals surface area contributed by atoms with Crippen LogP contribution < -0.4 is 15.4 Å². The molecule has 0 spiro atoms. The van der Waals surface area contributed by atoms with Gasteiger partial charge in [-0.2, -0.15) is 0 Å². The minimum absolute atomic E-state index is 0. The predicted octanol–water partition coefficient (Wildman–Crippen LogP) is 3.20. The third-order valence-corrected chi connectivity index (χ3v) is 4.01. The molecule has 1 aromatic rings. The molecule has 0 aliphatic heterocycles. The highest BCUT2D eigenvalue weighted by atomic mass is 127. The second kappa shape index (κ2) is 9.95. The first kappa shape index (κ1) is 20.0. The van der Waals surface area contributed by atoms with Crippen molar-refractivity contribution in [3.8, 4) is 5.88 Å². The molecule has 0 bridgehead atoms. The number of rotatable bonds is 7. The van der Waals surface area contributed by atoms with Crippen LogP contribution in [0.1, 0.15) is 39.2 Å². The number of nitrogens with one attached hydrogen (secondary N) is 2. The van der Waals surface area contributed by atoms with Crippen molar-refractivity contribution in [2.45, 2.75) is 46.2 Å². The van der Waals surface area contributed by atoms with Gasteiger partial charge in [-0.1, -0.05) is 19.9 Å². The van der Waals surface area contributed by atoms with Gasteiger partial charge in [-0.25, -0.2) is 4.98 Å². The van der Waals surface area contributed by atoms with Gasteiger partial charge in [-0.15, -0.1) is 24.0 Å². The van der Waals surface area contributed by atoms with Gasteiger partial charge in [0.05, 0.1) is 6.61 Å². The zero-order chi connectivity index (χ0) is 15.9. The fourth-order valence-corrected chi connectivity index (χ4v) is 1.85. The summed E-state index contributed by atoms with van der Waals surface area (Å²) in [5.41, 5.74) is 1.11. The summed E-state index contributed by atoms with van der Waals surface area (Å²) >= 11 is 0. The number of aliphatic imine (C=N–C) groups is 1. The highest BCUT2D eigenvalue weighted by Gasteiger charge is 2.22. The normalized spacial score (nSPS) is 15.8. The molecule has 6 heteroatoms. The average molecular weight is 432 g/mol. The van der Waals surface area contributed by atoms with E-state index in [1.807, 2.05) is 18.3 Å². The second-order valence-corrected chi connectivity index (χ2v) is 6.36. The molecule has 130 valence electrons. The fraction of sp³-hybridized carbons (Fsp3) is 0.647. The van der Waals surface area contributed by atoms with Crippen LogP contribution in [0.5, 0.6) is 5.88 Å². The second-order valence-electron chi connectivity index (χ2n) is 6.36. The number of nitrogens with zero attached hydrogens (tertiary/aromatic N) is 2. The van der Waals surface area contributed by atoms with E-state index in [0.29, 0.717) is 24.4 Å². The van der Waals surface area contributed by atoms with Crippen LogP contribution in [0, 0.1) is 11.8 Å². The molecule has 1 saturated carbocycles. The largest absolute Gasteiger partial charge is 0.477 e. The van der Waals surface area contributed by atoms with Gasteiger partial charge in [0.1, 0.15) is 0 Å². The maximum absolute atomic E-state index is 5.64. The van der Waals surface area contributed by atoms with E-state index in [2.05, 4.69) is 41.4 Å². The number of aromatic nitrogens is 1. The highest BCUT2D eigenvalue weighted by Crippen LogP contribution is 2.29. The van der Waals surface area contributed by atoms with Crippen molar-refractivity contribution in [1.82, 2.24) is 15.6 Å². The van der Waals surface area contributed by atoms with Crippen molar-refractivity contribution >= 4 is 29.9 Å². The minimum atomic E-state index is 0. The summed E-state index contributed by atoms with van der Waals surface area (Å²) in [4.78, 5) is 8.60. The van der Waals surface area contributed by atoms with Crippen molar-refractivity contribution in [1.29, 1.82) is 0 Å². The average Bonchev–Trinajstić information content (AvgIpc) is 3.34. The maximum atomic E-state index is 5.64. The fourth-order valence-electron chi connectivity index (χ4n) is 1.85. The molecule has 1 heterocycles. The number of halogens is 1. The summed E-state index contributed by atoms with van der Waals surface area (Å²) in [6.45, 7) is 8.03. The minimum Gasteiger partial charge on any atom is -0.477 e. The molecular formula is C17H29IN4O. The zero-order valence-corrected chi connectivity index (χ0v) is 16.8. The lowest BCUT2D eigenvalue weighted by atomic mass is 10.1. The van der Waals surface area contributed by atoms with E-state index in [4.69, 9.17) is 4.74 Å². The van der Waals surface area contributed by atoms with Crippen LogP contribution in [0.15, 0.2) is 23.3 Å².